The van der Waals surface area contributed by atoms with Crippen molar-refractivity contribution in [2.45, 2.75) is 103 Å². The summed E-state index contributed by atoms with van der Waals surface area (Å²) >= 11 is 0. The zero-order chi connectivity index (χ0) is 33.5. The quantitative estimate of drug-likeness (QED) is 0.369. The molecule has 2 bridgehead atoms. The van der Waals surface area contributed by atoms with E-state index in [1.807, 2.05) is 76.2 Å². The molecule has 2 amide bonds. The number of nitrogens with one attached hydrogen (secondary N) is 1. The Labute approximate surface area is 276 Å². The van der Waals surface area contributed by atoms with Gasteiger partial charge in [0, 0.05) is 12.0 Å². The Bertz CT molecular complexity index is 1660. The van der Waals surface area contributed by atoms with Crippen molar-refractivity contribution < 1.29 is 28.6 Å². The summed E-state index contributed by atoms with van der Waals surface area (Å²) in [4.78, 5) is 52.9. The number of ketones is 1. The lowest BCUT2D eigenvalue weighted by molar-refractivity contribution is -0.141. The van der Waals surface area contributed by atoms with Crippen molar-refractivity contribution >= 4 is 28.8 Å². The van der Waals surface area contributed by atoms with Gasteiger partial charge in [-0.15, -0.1) is 0 Å². The molecule has 1 N–H and O–H groups in total. The summed E-state index contributed by atoms with van der Waals surface area (Å²) in [6.07, 6.45) is 4.06. The van der Waals surface area contributed by atoms with Crippen LogP contribution in [0.15, 0.2) is 48.5 Å². The molecule has 0 unspecified atom stereocenters. The molecule has 3 aliphatic rings. The monoisotopic (exact) mass is 642 g/mol. The second kappa shape index (κ2) is 12.8. The first-order valence-corrected chi connectivity index (χ1v) is 16.7. The third kappa shape index (κ3) is 6.78. The molecule has 250 valence electrons. The number of aryl methyl sites for hydroxylation is 1. The van der Waals surface area contributed by atoms with E-state index in [0.717, 1.165) is 48.9 Å². The molecule has 1 saturated carbocycles. The Morgan fingerprint density at radius 1 is 1.04 bits per heavy atom. The molecule has 0 radical (unpaired) electrons. The van der Waals surface area contributed by atoms with Gasteiger partial charge in [-0.05, 0) is 62.6 Å². The average molecular weight is 643 g/mol. The second-order valence-electron chi connectivity index (χ2n) is 14.6. The predicted molar refractivity (Wildman–Crippen MR) is 177 cm³/mol. The molecular formula is C37H46N4O6. The van der Waals surface area contributed by atoms with Crippen LogP contribution in [0.5, 0.6) is 11.6 Å². The summed E-state index contributed by atoms with van der Waals surface area (Å²) in [5.74, 6) is 0.345. The largest absolute Gasteiger partial charge is 0.497 e. The second-order valence-corrected chi connectivity index (χ2v) is 14.6. The van der Waals surface area contributed by atoms with Crippen molar-refractivity contribution in [3.63, 3.8) is 0 Å². The number of Topliss-reactive ketones (excluding diaryl/α,β-unsaturated/α-hetero) is 1. The third-order valence-corrected chi connectivity index (χ3v) is 10.0. The minimum atomic E-state index is -0.935. The van der Waals surface area contributed by atoms with E-state index in [4.69, 9.17) is 24.2 Å². The van der Waals surface area contributed by atoms with Crippen molar-refractivity contribution in [2.24, 2.45) is 11.3 Å². The van der Waals surface area contributed by atoms with Crippen LogP contribution in [-0.2, 0) is 20.7 Å². The number of hydrogen-bond acceptors (Lipinski definition) is 8. The number of carbonyl (C=O) groups is 3. The molecule has 0 spiro atoms. The lowest BCUT2D eigenvalue weighted by Crippen LogP contribution is -2.57. The van der Waals surface area contributed by atoms with Crippen LogP contribution in [0.3, 0.4) is 0 Å². The fourth-order valence-electron chi connectivity index (χ4n) is 7.28. The number of alkyl carbamates (subject to hydrolysis) is 1. The molecule has 2 aromatic carbocycles. The van der Waals surface area contributed by atoms with Gasteiger partial charge in [0.05, 0.1) is 30.6 Å². The summed E-state index contributed by atoms with van der Waals surface area (Å²) in [6, 6.07) is 13.5. The van der Waals surface area contributed by atoms with Crippen LogP contribution in [0.4, 0.5) is 4.79 Å². The fraction of sp³-hybridized carbons (Fsp3) is 0.541. The van der Waals surface area contributed by atoms with E-state index >= 15 is 0 Å². The summed E-state index contributed by atoms with van der Waals surface area (Å²) in [7, 11) is 1.61. The van der Waals surface area contributed by atoms with Crippen LogP contribution in [0.25, 0.3) is 11.0 Å². The van der Waals surface area contributed by atoms with Crippen LogP contribution in [-0.4, -0.2) is 70.1 Å². The molecule has 3 heterocycles. The Morgan fingerprint density at radius 3 is 2.51 bits per heavy atom. The SMILES string of the molecule is COc1ccc2nc3c(nc2c1)O[C@H]1CN(C(=O)[C@H](C(C)(C)C)NC(=O)O[C@]2(C)C[C@H]2CCCCC3)[C@H](C(C)=O)[C@@H]1c1ccccc1. The van der Waals surface area contributed by atoms with Gasteiger partial charge in [-0.1, -0.05) is 63.9 Å². The van der Waals surface area contributed by atoms with Crippen molar-refractivity contribution in [3.8, 4) is 11.6 Å². The van der Waals surface area contributed by atoms with Crippen LogP contribution < -0.4 is 14.8 Å². The van der Waals surface area contributed by atoms with Gasteiger partial charge in [-0.3, -0.25) is 9.59 Å². The highest BCUT2D eigenvalue weighted by Gasteiger charge is 2.55. The summed E-state index contributed by atoms with van der Waals surface area (Å²) < 4.78 is 18.2. The van der Waals surface area contributed by atoms with Crippen LogP contribution in [0, 0.1) is 11.3 Å². The predicted octanol–water partition coefficient (Wildman–Crippen LogP) is 6.01. The number of fused-ring (bicyclic) bond motifs is 5. The summed E-state index contributed by atoms with van der Waals surface area (Å²) in [5, 5.41) is 2.90. The van der Waals surface area contributed by atoms with Gasteiger partial charge in [0.15, 0.2) is 5.78 Å². The summed E-state index contributed by atoms with van der Waals surface area (Å²) in [5.41, 5.74) is 1.79. The van der Waals surface area contributed by atoms with E-state index in [1.165, 1.54) is 6.92 Å². The number of nitrogens with zero attached hydrogens (tertiary/aromatic N) is 3. The highest BCUT2D eigenvalue weighted by Crippen LogP contribution is 2.50. The lowest BCUT2D eigenvalue weighted by Gasteiger charge is -2.35. The number of carbonyl (C=O) groups excluding carboxylic acids is 3. The van der Waals surface area contributed by atoms with Crippen LogP contribution >= 0.6 is 0 Å². The number of ether oxygens (including phenoxy) is 3. The van der Waals surface area contributed by atoms with Gasteiger partial charge in [0.2, 0.25) is 11.8 Å². The van der Waals surface area contributed by atoms with Crippen LogP contribution in [0.2, 0.25) is 0 Å². The van der Waals surface area contributed by atoms with E-state index in [2.05, 4.69) is 5.32 Å². The maximum absolute atomic E-state index is 14.5. The van der Waals surface area contributed by atoms with Gasteiger partial charge >= 0.3 is 6.09 Å². The molecule has 1 aromatic heterocycles. The first-order chi connectivity index (χ1) is 22.4. The fourth-order valence-corrected chi connectivity index (χ4v) is 7.28. The molecular weight excluding hydrogens is 596 g/mol. The summed E-state index contributed by atoms with van der Waals surface area (Å²) in [6.45, 7) is 9.30. The number of methoxy groups -OCH3 is 1. The van der Waals surface area contributed by atoms with E-state index in [-0.39, 0.29) is 24.2 Å². The van der Waals surface area contributed by atoms with E-state index in [0.29, 0.717) is 23.6 Å². The topological polar surface area (TPSA) is 120 Å². The normalized spacial score (nSPS) is 28.6. The third-order valence-electron chi connectivity index (χ3n) is 10.0. The van der Waals surface area contributed by atoms with Gasteiger partial charge in [-0.25, -0.2) is 14.8 Å². The van der Waals surface area contributed by atoms with Gasteiger partial charge < -0.3 is 24.4 Å². The van der Waals surface area contributed by atoms with Gasteiger partial charge in [-0.2, -0.15) is 0 Å². The molecule has 6 rings (SSSR count). The number of aromatic nitrogens is 2. The maximum atomic E-state index is 14.5. The highest BCUT2D eigenvalue weighted by atomic mass is 16.6. The molecule has 2 aliphatic heterocycles. The Kier molecular flexibility index (Phi) is 8.89. The number of amides is 2. The minimum Gasteiger partial charge on any atom is -0.497 e. The number of benzene rings is 2. The van der Waals surface area contributed by atoms with Crippen molar-refractivity contribution in [3.05, 3.63) is 59.8 Å². The maximum Gasteiger partial charge on any atom is 0.408 e. The highest BCUT2D eigenvalue weighted by molar-refractivity contribution is 5.93. The average Bonchev–Trinajstić information content (AvgIpc) is 3.49. The van der Waals surface area contributed by atoms with Crippen molar-refractivity contribution in [1.82, 2.24) is 20.2 Å². The molecule has 1 saturated heterocycles. The molecule has 10 nitrogen and oxygen atoms in total. The molecule has 3 aromatic rings. The zero-order valence-corrected chi connectivity index (χ0v) is 28.2. The molecule has 2 fully saturated rings. The molecule has 10 heteroatoms. The zero-order valence-electron chi connectivity index (χ0n) is 28.2. The first-order valence-electron chi connectivity index (χ1n) is 16.7. The van der Waals surface area contributed by atoms with E-state index in [1.54, 1.807) is 12.0 Å². The van der Waals surface area contributed by atoms with Crippen molar-refractivity contribution in [2.75, 3.05) is 13.7 Å². The van der Waals surface area contributed by atoms with Gasteiger partial charge in [0.1, 0.15) is 35.2 Å². The van der Waals surface area contributed by atoms with Crippen LogP contribution in [0.1, 0.15) is 83.9 Å². The van der Waals surface area contributed by atoms with Crippen molar-refractivity contribution in [1.29, 1.82) is 0 Å². The lowest BCUT2D eigenvalue weighted by atomic mass is 9.84. The Balaban J connectivity index is 1.45. The Morgan fingerprint density at radius 2 is 1.81 bits per heavy atom. The van der Waals surface area contributed by atoms with E-state index < -0.39 is 41.2 Å². The van der Waals surface area contributed by atoms with E-state index in [9.17, 15) is 14.4 Å². The number of rotatable bonds is 3. The molecule has 6 atom stereocenters. The standard InChI is InChI=1S/C37H46N4O6/c1-22(42)31-30(23-13-9-7-10-14-23)29-21-41(31)34(43)32(36(2,3)4)40-35(44)47-37(5)20-24(37)15-11-8-12-16-27-33(46-29)39-28-19-25(45-6)17-18-26(28)38-27/h7,9-10,13-14,17-19,24,29-32H,8,11-12,15-16,20-21H2,1-6H3,(H,40,44)/t24-,29+,30-,31-,32-,37-/m1/s1. The molecule has 47 heavy (non-hydrogen) atoms. The minimum absolute atomic E-state index is 0.128. The Hall–Kier alpha value is -4.21. The smallest absolute Gasteiger partial charge is 0.408 e. The number of hydrogen-bond donors (Lipinski definition) is 1. The molecule has 1 aliphatic carbocycles. The first kappa shape index (κ1) is 32.7. The van der Waals surface area contributed by atoms with Gasteiger partial charge in [0.25, 0.3) is 0 Å².